The first-order valence-corrected chi connectivity index (χ1v) is 8.70. The van der Waals surface area contributed by atoms with Gasteiger partial charge >= 0.3 is 0 Å². The molecule has 7 nitrogen and oxygen atoms in total. The van der Waals surface area contributed by atoms with Gasteiger partial charge in [-0.05, 0) is 50.8 Å². The van der Waals surface area contributed by atoms with Crippen LogP contribution in [-0.4, -0.2) is 26.2 Å². The Hall–Kier alpha value is -2.67. The molecule has 0 saturated heterocycles. The topological polar surface area (TPSA) is 104 Å². The van der Waals surface area contributed by atoms with Crippen molar-refractivity contribution in [2.45, 2.75) is 51.3 Å². The maximum atomic E-state index is 12.7. The second-order valence-corrected chi connectivity index (χ2v) is 7.04. The van der Waals surface area contributed by atoms with E-state index in [2.05, 4.69) is 10.3 Å². The van der Waals surface area contributed by atoms with Crippen LogP contribution in [0.3, 0.4) is 0 Å². The van der Waals surface area contributed by atoms with Gasteiger partial charge in [0, 0.05) is 23.5 Å². The van der Waals surface area contributed by atoms with Crippen LogP contribution in [0.25, 0.3) is 0 Å². The van der Waals surface area contributed by atoms with Gasteiger partial charge in [0.1, 0.15) is 0 Å². The number of nitrogens with zero attached hydrogens (tertiary/aromatic N) is 1. The van der Waals surface area contributed by atoms with Gasteiger partial charge < -0.3 is 20.0 Å². The van der Waals surface area contributed by atoms with Crippen molar-refractivity contribution in [1.82, 2.24) is 14.9 Å². The van der Waals surface area contributed by atoms with E-state index in [-0.39, 0.29) is 23.7 Å². The van der Waals surface area contributed by atoms with E-state index < -0.39 is 11.5 Å². The SMILES string of the molecule is Cc1cccc(=O)n1CC(C)(O)C(=O)NC1CCCc2[nH]c(=O)ccc21. The monoisotopic (exact) mass is 357 g/mol. The van der Waals surface area contributed by atoms with E-state index in [1.807, 2.05) is 0 Å². The lowest BCUT2D eigenvalue weighted by Gasteiger charge is -2.30. The number of nitrogens with one attached hydrogen (secondary N) is 2. The first-order chi connectivity index (χ1) is 12.3. The third-order valence-corrected chi connectivity index (χ3v) is 4.86. The van der Waals surface area contributed by atoms with E-state index in [1.54, 1.807) is 25.1 Å². The Bertz CT molecular complexity index is 942. The number of aromatic nitrogens is 2. The molecule has 2 aromatic rings. The molecule has 2 heterocycles. The highest BCUT2D eigenvalue weighted by atomic mass is 16.3. The number of hydrogen-bond acceptors (Lipinski definition) is 4. The third-order valence-electron chi connectivity index (χ3n) is 4.86. The average Bonchev–Trinajstić information content (AvgIpc) is 2.58. The molecule has 0 bridgehead atoms. The fourth-order valence-electron chi connectivity index (χ4n) is 3.37. The molecule has 3 rings (SSSR count). The van der Waals surface area contributed by atoms with Crippen LogP contribution in [0.1, 0.15) is 42.8 Å². The fourth-order valence-corrected chi connectivity index (χ4v) is 3.37. The second-order valence-electron chi connectivity index (χ2n) is 7.04. The zero-order chi connectivity index (χ0) is 18.9. The number of aliphatic hydroxyl groups is 1. The summed E-state index contributed by atoms with van der Waals surface area (Å²) in [5.74, 6) is -0.545. The van der Waals surface area contributed by atoms with Crippen molar-refractivity contribution in [1.29, 1.82) is 0 Å². The van der Waals surface area contributed by atoms with Gasteiger partial charge in [-0.15, -0.1) is 0 Å². The number of hydrogen-bond donors (Lipinski definition) is 3. The largest absolute Gasteiger partial charge is 0.378 e. The van der Waals surface area contributed by atoms with Crippen LogP contribution in [0.5, 0.6) is 0 Å². The van der Waals surface area contributed by atoms with Gasteiger partial charge in [0.15, 0.2) is 5.60 Å². The Kier molecular flexibility index (Phi) is 4.82. The van der Waals surface area contributed by atoms with Crippen LogP contribution in [0.2, 0.25) is 0 Å². The summed E-state index contributed by atoms with van der Waals surface area (Å²) in [5, 5.41) is 13.5. The van der Waals surface area contributed by atoms with Gasteiger partial charge in [0.2, 0.25) is 5.56 Å². The van der Waals surface area contributed by atoms with E-state index in [9.17, 15) is 19.5 Å². The third kappa shape index (κ3) is 3.62. The van der Waals surface area contributed by atoms with Crippen LogP contribution >= 0.6 is 0 Å². The molecule has 2 atom stereocenters. The van der Waals surface area contributed by atoms with Gasteiger partial charge in [-0.25, -0.2) is 0 Å². The molecule has 2 unspecified atom stereocenters. The number of fused-ring (bicyclic) bond motifs is 1. The molecule has 0 spiro atoms. The van der Waals surface area contributed by atoms with E-state index in [0.29, 0.717) is 5.69 Å². The summed E-state index contributed by atoms with van der Waals surface area (Å²) < 4.78 is 1.38. The highest BCUT2D eigenvalue weighted by Crippen LogP contribution is 2.28. The summed E-state index contributed by atoms with van der Waals surface area (Å²) in [6.45, 7) is 3.02. The lowest BCUT2D eigenvalue weighted by molar-refractivity contribution is -0.140. The summed E-state index contributed by atoms with van der Waals surface area (Å²) in [4.78, 5) is 39.0. The summed E-state index contributed by atoms with van der Waals surface area (Å²) in [5.41, 5.74) is 0.193. The first-order valence-electron chi connectivity index (χ1n) is 8.70. The maximum Gasteiger partial charge on any atom is 0.254 e. The quantitative estimate of drug-likeness (QED) is 0.752. The second kappa shape index (κ2) is 6.92. The number of pyridine rings is 2. The summed E-state index contributed by atoms with van der Waals surface area (Å²) >= 11 is 0. The molecule has 7 heteroatoms. The highest BCUT2D eigenvalue weighted by molar-refractivity contribution is 5.84. The van der Waals surface area contributed by atoms with Crippen molar-refractivity contribution in [2.24, 2.45) is 0 Å². The molecule has 2 aromatic heterocycles. The number of rotatable bonds is 4. The smallest absolute Gasteiger partial charge is 0.254 e. The van der Waals surface area contributed by atoms with E-state index in [0.717, 1.165) is 30.5 Å². The van der Waals surface area contributed by atoms with E-state index in [4.69, 9.17) is 0 Å². The van der Waals surface area contributed by atoms with E-state index >= 15 is 0 Å². The molecule has 1 aliphatic rings. The van der Waals surface area contributed by atoms with Crippen molar-refractivity contribution in [2.75, 3.05) is 0 Å². The zero-order valence-corrected chi connectivity index (χ0v) is 14.9. The molecule has 0 aromatic carbocycles. The van der Waals surface area contributed by atoms with Crippen molar-refractivity contribution in [3.63, 3.8) is 0 Å². The van der Waals surface area contributed by atoms with Crippen LogP contribution in [-0.2, 0) is 17.8 Å². The normalized spacial score (nSPS) is 18.7. The standard InChI is InChI=1S/C19H23N3O4/c1-12-5-3-8-17(24)22(12)11-19(2,26)18(25)21-15-7-4-6-14-13(15)9-10-16(23)20-14/h3,5,8-10,15,26H,4,6-7,11H2,1-2H3,(H,20,23)(H,21,25). The Morgan fingerprint density at radius 1 is 1.35 bits per heavy atom. The minimum absolute atomic E-state index is 0.129. The van der Waals surface area contributed by atoms with Crippen molar-refractivity contribution in [3.8, 4) is 0 Å². The Balaban J connectivity index is 1.80. The van der Waals surface area contributed by atoms with Gasteiger partial charge in [-0.3, -0.25) is 14.4 Å². The summed E-state index contributed by atoms with van der Waals surface area (Å²) in [7, 11) is 0. The molecule has 3 N–H and O–H groups in total. The lowest BCUT2D eigenvalue weighted by Crippen LogP contribution is -2.50. The molecule has 138 valence electrons. The Labute approximate surface area is 150 Å². The molecule has 1 aliphatic carbocycles. The van der Waals surface area contributed by atoms with Crippen LogP contribution < -0.4 is 16.4 Å². The molecular weight excluding hydrogens is 334 g/mol. The Morgan fingerprint density at radius 3 is 2.85 bits per heavy atom. The number of carbonyl (C=O) groups is 1. The minimum Gasteiger partial charge on any atom is -0.378 e. The van der Waals surface area contributed by atoms with Gasteiger partial charge in [-0.2, -0.15) is 0 Å². The lowest BCUT2D eigenvalue weighted by atomic mass is 9.90. The molecule has 0 fully saturated rings. The van der Waals surface area contributed by atoms with Crippen molar-refractivity contribution >= 4 is 5.91 Å². The maximum absolute atomic E-state index is 12.7. The van der Waals surface area contributed by atoms with Crippen LogP contribution in [0, 0.1) is 6.92 Å². The molecule has 0 aliphatic heterocycles. The first kappa shape index (κ1) is 18.1. The molecule has 26 heavy (non-hydrogen) atoms. The zero-order valence-electron chi connectivity index (χ0n) is 14.9. The number of amides is 1. The fraction of sp³-hybridized carbons (Fsp3) is 0.421. The summed E-state index contributed by atoms with van der Waals surface area (Å²) in [6, 6.07) is 7.68. The predicted octanol–water partition coefficient (Wildman–Crippen LogP) is 0.790. The predicted molar refractivity (Wildman–Crippen MR) is 96.9 cm³/mol. The van der Waals surface area contributed by atoms with Gasteiger partial charge in [0.25, 0.3) is 11.5 Å². The van der Waals surface area contributed by atoms with Gasteiger partial charge in [-0.1, -0.05) is 6.07 Å². The molecule has 0 saturated carbocycles. The highest BCUT2D eigenvalue weighted by Gasteiger charge is 2.34. The van der Waals surface area contributed by atoms with Gasteiger partial charge in [0.05, 0.1) is 12.6 Å². The molecule has 1 amide bonds. The van der Waals surface area contributed by atoms with E-state index in [1.165, 1.54) is 23.6 Å². The number of aryl methyl sites for hydroxylation is 2. The van der Waals surface area contributed by atoms with Crippen molar-refractivity contribution < 1.29 is 9.90 Å². The summed E-state index contributed by atoms with van der Waals surface area (Å²) in [6.07, 6.45) is 2.31. The Morgan fingerprint density at radius 2 is 2.12 bits per heavy atom. The van der Waals surface area contributed by atoms with Crippen LogP contribution in [0.4, 0.5) is 0 Å². The molecule has 0 radical (unpaired) electrons. The minimum atomic E-state index is -1.74. The number of carbonyl (C=O) groups excluding carboxylic acids is 1. The number of H-pyrrole nitrogens is 1. The van der Waals surface area contributed by atoms with Crippen molar-refractivity contribution in [3.05, 3.63) is 68.0 Å². The van der Waals surface area contributed by atoms with Crippen LogP contribution in [0.15, 0.2) is 39.9 Å². The number of aromatic amines is 1. The average molecular weight is 357 g/mol. The molecular formula is C19H23N3O4.